The van der Waals surface area contributed by atoms with Crippen LogP contribution in [0, 0.1) is 3.57 Å². The molecule has 0 aliphatic heterocycles. The maximum absolute atomic E-state index is 3.77. The van der Waals surface area contributed by atoms with Gasteiger partial charge in [0, 0.05) is 0 Å². The summed E-state index contributed by atoms with van der Waals surface area (Å²) in [6, 6.07) is 10.7. The van der Waals surface area contributed by atoms with Crippen LogP contribution in [0.25, 0.3) is 0 Å². The van der Waals surface area contributed by atoms with E-state index >= 15 is 0 Å². The zero-order valence-corrected chi connectivity index (χ0v) is 13.0. The molecule has 1 aromatic carbocycles. The Labute approximate surface area is 113 Å². The van der Waals surface area contributed by atoms with Gasteiger partial charge in [-0.15, -0.1) is 0 Å². The van der Waals surface area contributed by atoms with Gasteiger partial charge in [0.25, 0.3) is 0 Å². The van der Waals surface area contributed by atoms with Crippen molar-refractivity contribution in [2.75, 3.05) is 4.93 Å². The van der Waals surface area contributed by atoms with Gasteiger partial charge in [-0.1, -0.05) is 0 Å². The van der Waals surface area contributed by atoms with Crippen LogP contribution >= 0.6 is 0 Å². The molecule has 0 saturated carbocycles. The molecule has 0 aliphatic carbocycles. The molecule has 0 bridgehead atoms. The Bertz CT molecular complexity index is 350. The molecule has 15 heavy (non-hydrogen) atoms. The second-order valence-corrected chi connectivity index (χ2v) is 7.68. The van der Waals surface area contributed by atoms with Crippen LogP contribution in [-0.4, -0.2) is 4.93 Å². The van der Waals surface area contributed by atoms with Gasteiger partial charge in [0.1, 0.15) is 0 Å². The first-order valence-electron chi connectivity index (χ1n) is 4.54. The van der Waals surface area contributed by atoms with Crippen molar-refractivity contribution in [1.82, 2.24) is 0 Å². The molecule has 1 rings (SSSR count). The zero-order valence-electron chi connectivity index (χ0n) is 8.66. The van der Waals surface area contributed by atoms with E-state index < -0.39 is 0 Å². The van der Waals surface area contributed by atoms with Crippen LogP contribution in [0.1, 0.15) is 0 Å². The molecule has 0 atom stereocenters. The van der Waals surface area contributed by atoms with Crippen LogP contribution in [-0.2, 0) is 0 Å². The number of rotatable bonds is 5. The summed E-state index contributed by atoms with van der Waals surface area (Å²) in [6.07, 6.45) is 6.29. The van der Waals surface area contributed by atoms with Crippen molar-refractivity contribution in [3.05, 3.63) is 66.4 Å². The number of alkyl halides is 1. The summed E-state index contributed by atoms with van der Waals surface area (Å²) in [5.74, 6) is 0. The number of halogens is 2. The summed E-state index contributed by atoms with van der Waals surface area (Å²) >= 11 is 0.211. The Morgan fingerprint density at radius 1 is 1.27 bits per heavy atom. The van der Waals surface area contributed by atoms with E-state index in [2.05, 4.69) is 58.1 Å². The maximum atomic E-state index is 3.77. The Morgan fingerprint density at radius 2 is 2.00 bits per heavy atom. The quantitative estimate of drug-likeness (QED) is 0.274. The number of allylic oxidation sites excluding steroid dienone is 4. The molecule has 0 aliphatic rings. The summed E-state index contributed by atoms with van der Waals surface area (Å²) in [5.41, 5.74) is 0. The standard InChI is InChI=1S/C13H14I2/c1-3-7-12(10-11-14-2)15-13-8-5-4-6-9-13/h3-11H,1H2,2H3/q-2/b11-10-,12-7+. The summed E-state index contributed by atoms with van der Waals surface area (Å²) in [6.45, 7) is 3.77. The minimum atomic E-state index is -0.0374. The van der Waals surface area contributed by atoms with Crippen molar-refractivity contribution < 1.29 is 42.4 Å². The molecule has 0 radical (unpaired) electrons. The topological polar surface area (TPSA) is 0 Å². The summed E-state index contributed by atoms with van der Waals surface area (Å²) < 4.78 is 5.22. The molecule has 0 saturated heterocycles. The van der Waals surface area contributed by atoms with Gasteiger partial charge in [-0.25, -0.2) is 0 Å². The van der Waals surface area contributed by atoms with Crippen LogP contribution in [0.5, 0.6) is 0 Å². The molecule has 2 heteroatoms. The average Bonchev–Trinajstić information content (AvgIpc) is 2.28. The van der Waals surface area contributed by atoms with Crippen molar-refractivity contribution >= 4 is 0 Å². The second kappa shape index (κ2) is 8.10. The normalized spacial score (nSPS) is 12.5. The number of hydrogen-bond acceptors (Lipinski definition) is 0. The molecule has 82 valence electrons. The fourth-order valence-corrected chi connectivity index (χ4v) is 4.68. The van der Waals surface area contributed by atoms with Gasteiger partial charge in [0.05, 0.1) is 0 Å². The van der Waals surface area contributed by atoms with Crippen molar-refractivity contribution in [3.63, 3.8) is 0 Å². The average molecular weight is 424 g/mol. The van der Waals surface area contributed by atoms with E-state index in [1.807, 2.05) is 6.08 Å². The molecule has 0 unspecified atom stereocenters. The first kappa shape index (κ1) is 13.0. The van der Waals surface area contributed by atoms with Crippen molar-refractivity contribution in [2.24, 2.45) is 0 Å². The fraction of sp³-hybridized carbons (Fsp3) is 0.0769. The Kier molecular flexibility index (Phi) is 7.00. The first-order valence-corrected chi connectivity index (χ1v) is 10.1. The number of benzene rings is 1. The van der Waals surface area contributed by atoms with E-state index in [0.29, 0.717) is 0 Å². The minimum absolute atomic E-state index is 0.0374. The molecule has 0 aromatic heterocycles. The first-order chi connectivity index (χ1) is 7.36. The Morgan fingerprint density at radius 3 is 2.60 bits per heavy atom. The van der Waals surface area contributed by atoms with E-state index in [4.69, 9.17) is 0 Å². The predicted molar refractivity (Wildman–Crippen MR) is 58.5 cm³/mol. The third-order valence-electron chi connectivity index (χ3n) is 1.58. The summed E-state index contributed by atoms with van der Waals surface area (Å²) in [4.78, 5) is 2.27. The van der Waals surface area contributed by atoms with E-state index in [-0.39, 0.29) is 42.4 Å². The second-order valence-electron chi connectivity index (χ2n) is 2.69. The molecule has 0 fully saturated rings. The molecular formula is C13H14I2-2. The molecule has 0 N–H and O–H groups in total. The molecule has 1 aromatic rings. The molecule has 0 heterocycles. The van der Waals surface area contributed by atoms with Crippen LogP contribution < -0.4 is 42.4 Å². The van der Waals surface area contributed by atoms with Crippen LogP contribution in [0.4, 0.5) is 0 Å². The summed E-state index contributed by atoms with van der Waals surface area (Å²) in [5, 5.41) is 0. The third kappa shape index (κ3) is 5.51. The Hall–Kier alpha value is -0.100. The van der Waals surface area contributed by atoms with Crippen molar-refractivity contribution in [2.45, 2.75) is 0 Å². The molecule has 0 spiro atoms. The van der Waals surface area contributed by atoms with Crippen LogP contribution in [0.15, 0.2) is 62.8 Å². The van der Waals surface area contributed by atoms with Gasteiger partial charge in [-0.3, -0.25) is 0 Å². The predicted octanol–water partition coefficient (Wildman–Crippen LogP) is -2.75. The van der Waals surface area contributed by atoms with Gasteiger partial charge >= 0.3 is 114 Å². The molecular weight excluding hydrogens is 410 g/mol. The third-order valence-corrected chi connectivity index (χ3v) is 5.34. The van der Waals surface area contributed by atoms with E-state index in [1.165, 1.54) is 7.15 Å². The van der Waals surface area contributed by atoms with Gasteiger partial charge in [-0.05, 0) is 0 Å². The van der Waals surface area contributed by atoms with E-state index in [9.17, 15) is 0 Å². The zero-order chi connectivity index (χ0) is 10.9. The van der Waals surface area contributed by atoms with Crippen molar-refractivity contribution in [3.8, 4) is 0 Å². The van der Waals surface area contributed by atoms with Gasteiger partial charge < -0.3 is 0 Å². The van der Waals surface area contributed by atoms with E-state index in [0.717, 1.165) is 0 Å². The van der Waals surface area contributed by atoms with Gasteiger partial charge in [-0.2, -0.15) is 0 Å². The van der Waals surface area contributed by atoms with Gasteiger partial charge in [0.15, 0.2) is 0 Å². The fourth-order valence-electron chi connectivity index (χ4n) is 0.958. The van der Waals surface area contributed by atoms with E-state index in [1.54, 1.807) is 0 Å². The van der Waals surface area contributed by atoms with Crippen LogP contribution in [0.2, 0.25) is 0 Å². The van der Waals surface area contributed by atoms with Gasteiger partial charge in [0.2, 0.25) is 0 Å². The SMILES string of the molecule is C=C/C=C(\C=C/[I-]C)[I-]c1ccccc1. The number of hydrogen-bond donors (Lipinski definition) is 0. The van der Waals surface area contributed by atoms with Crippen LogP contribution in [0.3, 0.4) is 0 Å². The molecule has 0 amide bonds. The van der Waals surface area contributed by atoms with Crippen molar-refractivity contribution in [1.29, 1.82) is 0 Å². The monoisotopic (exact) mass is 424 g/mol. The Balaban J connectivity index is 2.72. The molecule has 0 nitrogen and oxygen atoms in total. The summed E-state index contributed by atoms with van der Waals surface area (Å²) in [7, 11) is 0.